The van der Waals surface area contributed by atoms with E-state index in [0.29, 0.717) is 39.6 Å². The third kappa shape index (κ3) is 5.05. The topological polar surface area (TPSA) is 46.5 Å². The Morgan fingerprint density at radius 1 is 0.821 bits per heavy atom. The van der Waals surface area contributed by atoms with Crippen LogP contribution in [0.25, 0.3) is 33.6 Å². The molecule has 2 aromatic heterocycles. The summed E-state index contributed by atoms with van der Waals surface area (Å²) in [6.45, 7) is 1.13. The van der Waals surface area contributed by atoms with Gasteiger partial charge in [0.05, 0.1) is 16.6 Å². The number of hydrogen-bond donors (Lipinski definition) is 0. The minimum atomic E-state index is 0.479. The van der Waals surface area contributed by atoms with Gasteiger partial charge in [-0.2, -0.15) is 5.26 Å². The zero-order valence-corrected chi connectivity index (χ0v) is 22.9. The van der Waals surface area contributed by atoms with Gasteiger partial charge in [-0.25, -0.2) is 4.98 Å². The van der Waals surface area contributed by atoms with Gasteiger partial charge in [-0.3, -0.25) is 0 Å². The monoisotopic (exact) mass is 566 g/mol. The standard InChI is InChI=1S/C32H21Cl3N4/c33-25-12-9-21(10-13-25)18-39-31-8-4-2-6-29(31)37-32(39)23(17-36)15-24-20-38(30-7-3-1-5-27(24)30)19-22-11-14-26(34)16-28(22)35/h1-16,20H,18-19H2. The summed E-state index contributed by atoms with van der Waals surface area (Å²) in [6, 6.07) is 31.7. The van der Waals surface area contributed by atoms with E-state index in [4.69, 9.17) is 39.8 Å². The van der Waals surface area contributed by atoms with Crippen LogP contribution < -0.4 is 0 Å². The van der Waals surface area contributed by atoms with Crippen LogP contribution in [-0.4, -0.2) is 14.1 Å². The van der Waals surface area contributed by atoms with Gasteiger partial charge in [0, 0.05) is 50.8 Å². The zero-order chi connectivity index (χ0) is 26.9. The van der Waals surface area contributed by atoms with Crippen LogP contribution in [0.15, 0.2) is 97.2 Å². The number of benzene rings is 4. The Bertz CT molecular complexity index is 1910. The average molecular weight is 568 g/mol. The maximum absolute atomic E-state index is 10.3. The highest BCUT2D eigenvalue weighted by molar-refractivity contribution is 6.35. The Labute approximate surface area is 240 Å². The fourth-order valence-corrected chi connectivity index (χ4v) is 5.46. The molecule has 0 amide bonds. The molecule has 0 unspecified atom stereocenters. The summed E-state index contributed by atoms with van der Waals surface area (Å²) < 4.78 is 4.22. The molecular weight excluding hydrogens is 547 g/mol. The summed E-state index contributed by atoms with van der Waals surface area (Å²) in [4.78, 5) is 4.88. The lowest BCUT2D eigenvalue weighted by Crippen LogP contribution is -2.04. The van der Waals surface area contributed by atoms with Crippen LogP contribution in [0.5, 0.6) is 0 Å². The SMILES string of the molecule is N#CC(=Cc1cn(Cc2ccc(Cl)cc2Cl)c2ccccc12)c1nc2ccccc2n1Cc1ccc(Cl)cc1. The Hall–Kier alpha value is -4.01. The molecule has 0 aliphatic heterocycles. The van der Waals surface area contributed by atoms with Crippen molar-refractivity contribution in [2.24, 2.45) is 0 Å². The number of nitrogens with zero attached hydrogens (tertiary/aromatic N) is 4. The maximum Gasteiger partial charge on any atom is 0.152 e. The van der Waals surface area contributed by atoms with Gasteiger partial charge in [-0.15, -0.1) is 0 Å². The predicted octanol–water partition coefficient (Wildman–Crippen LogP) is 9.11. The van der Waals surface area contributed by atoms with E-state index >= 15 is 0 Å². The molecule has 0 radical (unpaired) electrons. The molecular formula is C32H21Cl3N4. The largest absolute Gasteiger partial charge is 0.342 e. The van der Waals surface area contributed by atoms with E-state index in [2.05, 4.69) is 33.5 Å². The van der Waals surface area contributed by atoms with E-state index in [1.54, 1.807) is 6.07 Å². The molecule has 2 heterocycles. The summed E-state index contributed by atoms with van der Waals surface area (Å²) in [7, 11) is 0. The molecule has 0 spiro atoms. The second-order valence-corrected chi connectivity index (χ2v) is 10.6. The molecule has 0 aliphatic rings. The minimum Gasteiger partial charge on any atom is -0.342 e. The maximum atomic E-state index is 10.3. The summed E-state index contributed by atoms with van der Waals surface area (Å²) in [5.41, 5.74) is 6.28. The van der Waals surface area contributed by atoms with Gasteiger partial charge in [-0.1, -0.05) is 83.3 Å². The number of nitriles is 1. The van der Waals surface area contributed by atoms with Crippen LogP contribution in [0.1, 0.15) is 22.5 Å². The van der Waals surface area contributed by atoms with Gasteiger partial charge in [0.15, 0.2) is 5.82 Å². The first-order valence-electron chi connectivity index (χ1n) is 12.3. The number of allylic oxidation sites excluding steroid dienone is 1. The molecule has 0 N–H and O–H groups in total. The van der Waals surface area contributed by atoms with Crippen LogP contribution >= 0.6 is 34.8 Å². The van der Waals surface area contributed by atoms with Crippen LogP contribution in [0.2, 0.25) is 15.1 Å². The third-order valence-electron chi connectivity index (χ3n) is 6.74. The first-order chi connectivity index (χ1) is 19.0. The third-order valence-corrected chi connectivity index (χ3v) is 7.58. The fraction of sp³-hybridized carbons (Fsp3) is 0.0625. The van der Waals surface area contributed by atoms with Crippen LogP contribution in [-0.2, 0) is 13.1 Å². The van der Waals surface area contributed by atoms with E-state index in [9.17, 15) is 5.26 Å². The van der Waals surface area contributed by atoms with Gasteiger partial charge < -0.3 is 9.13 Å². The highest BCUT2D eigenvalue weighted by Gasteiger charge is 2.17. The molecule has 0 atom stereocenters. The molecule has 6 aromatic rings. The van der Waals surface area contributed by atoms with E-state index in [1.165, 1.54) is 0 Å². The highest BCUT2D eigenvalue weighted by atomic mass is 35.5. The molecule has 0 saturated heterocycles. The van der Waals surface area contributed by atoms with Crippen molar-refractivity contribution in [2.45, 2.75) is 13.1 Å². The average Bonchev–Trinajstić information content (AvgIpc) is 3.48. The number of aromatic nitrogens is 3. The Morgan fingerprint density at radius 3 is 2.31 bits per heavy atom. The molecule has 4 nitrogen and oxygen atoms in total. The fourth-order valence-electron chi connectivity index (χ4n) is 4.87. The van der Waals surface area contributed by atoms with Crippen molar-refractivity contribution in [2.75, 3.05) is 0 Å². The van der Waals surface area contributed by atoms with E-state index < -0.39 is 0 Å². The molecule has 7 heteroatoms. The molecule has 0 aliphatic carbocycles. The minimum absolute atomic E-state index is 0.479. The molecule has 4 aromatic carbocycles. The van der Waals surface area contributed by atoms with Crippen molar-refractivity contribution in [3.05, 3.63) is 135 Å². The zero-order valence-electron chi connectivity index (χ0n) is 20.7. The van der Waals surface area contributed by atoms with Crippen LogP contribution in [0.4, 0.5) is 0 Å². The van der Waals surface area contributed by atoms with Crippen molar-refractivity contribution < 1.29 is 0 Å². The summed E-state index contributed by atoms with van der Waals surface area (Å²) in [6.07, 6.45) is 3.97. The number of halogens is 3. The van der Waals surface area contributed by atoms with Crippen molar-refractivity contribution in [3.8, 4) is 6.07 Å². The molecule has 0 bridgehead atoms. The van der Waals surface area contributed by atoms with Crippen molar-refractivity contribution in [1.82, 2.24) is 14.1 Å². The van der Waals surface area contributed by atoms with Gasteiger partial charge in [-0.05, 0) is 59.7 Å². The molecule has 6 rings (SSSR count). The number of rotatable bonds is 6. The Morgan fingerprint density at radius 2 is 1.54 bits per heavy atom. The molecule has 0 fully saturated rings. The molecule has 190 valence electrons. The van der Waals surface area contributed by atoms with E-state index in [1.807, 2.05) is 78.9 Å². The lowest BCUT2D eigenvalue weighted by atomic mass is 10.1. The Balaban J connectivity index is 1.47. The van der Waals surface area contributed by atoms with Gasteiger partial charge in [0.2, 0.25) is 0 Å². The molecule has 0 saturated carbocycles. The number of para-hydroxylation sites is 3. The first kappa shape index (κ1) is 25.3. The van der Waals surface area contributed by atoms with E-state index in [0.717, 1.165) is 38.6 Å². The molecule has 39 heavy (non-hydrogen) atoms. The second-order valence-electron chi connectivity index (χ2n) is 9.27. The van der Waals surface area contributed by atoms with Crippen LogP contribution in [0, 0.1) is 11.3 Å². The predicted molar refractivity (Wildman–Crippen MR) is 161 cm³/mol. The number of fused-ring (bicyclic) bond motifs is 2. The number of hydrogen-bond acceptors (Lipinski definition) is 2. The van der Waals surface area contributed by atoms with Gasteiger partial charge in [0.1, 0.15) is 6.07 Å². The lowest BCUT2D eigenvalue weighted by Gasteiger charge is -2.09. The van der Waals surface area contributed by atoms with Gasteiger partial charge >= 0.3 is 0 Å². The Kier molecular flexibility index (Phi) is 6.89. The number of imidazole rings is 1. The normalized spacial score (nSPS) is 11.8. The van der Waals surface area contributed by atoms with Crippen molar-refractivity contribution in [1.29, 1.82) is 5.26 Å². The van der Waals surface area contributed by atoms with Crippen molar-refractivity contribution in [3.63, 3.8) is 0 Å². The van der Waals surface area contributed by atoms with Crippen molar-refractivity contribution >= 4 is 68.4 Å². The van der Waals surface area contributed by atoms with Crippen LogP contribution in [0.3, 0.4) is 0 Å². The first-order valence-corrected chi connectivity index (χ1v) is 13.5. The highest BCUT2D eigenvalue weighted by Crippen LogP contribution is 2.30. The van der Waals surface area contributed by atoms with Gasteiger partial charge in [0.25, 0.3) is 0 Å². The smallest absolute Gasteiger partial charge is 0.152 e. The lowest BCUT2D eigenvalue weighted by molar-refractivity contribution is 0.811. The summed E-state index contributed by atoms with van der Waals surface area (Å²) >= 11 is 18.7. The second kappa shape index (κ2) is 10.6. The quantitative estimate of drug-likeness (QED) is 0.188. The van der Waals surface area contributed by atoms with E-state index in [-0.39, 0.29) is 0 Å². The summed E-state index contributed by atoms with van der Waals surface area (Å²) in [5.74, 6) is 0.617. The summed E-state index contributed by atoms with van der Waals surface area (Å²) in [5, 5.41) is 13.3.